The molecule has 0 heterocycles. The van der Waals surface area contributed by atoms with Gasteiger partial charge in [-0.3, -0.25) is 4.79 Å². The van der Waals surface area contributed by atoms with E-state index in [9.17, 15) is 9.59 Å². The van der Waals surface area contributed by atoms with Crippen LogP contribution in [0.1, 0.15) is 15.9 Å². The van der Waals surface area contributed by atoms with Crippen molar-refractivity contribution in [1.82, 2.24) is 0 Å². The summed E-state index contributed by atoms with van der Waals surface area (Å²) in [6.45, 7) is 5.30. The lowest BCUT2D eigenvalue weighted by Crippen LogP contribution is -2.17. The minimum atomic E-state index is -0.847. The molecule has 15 heavy (non-hydrogen) atoms. The Kier molecular flexibility index (Phi) is 3.80. The van der Waals surface area contributed by atoms with Gasteiger partial charge in [0, 0.05) is 5.56 Å². The fourth-order valence-corrected chi connectivity index (χ4v) is 1.10. The zero-order valence-corrected chi connectivity index (χ0v) is 8.53. The predicted molar refractivity (Wildman–Crippen MR) is 56.7 cm³/mol. The molecule has 0 aromatic heterocycles. The van der Waals surface area contributed by atoms with Gasteiger partial charge in [0.25, 0.3) is 5.78 Å². The minimum Gasteiger partial charge on any atom is -0.455 e. The van der Waals surface area contributed by atoms with Crippen molar-refractivity contribution in [2.45, 2.75) is 6.92 Å². The molecule has 0 aliphatic heterocycles. The van der Waals surface area contributed by atoms with Crippen LogP contribution in [-0.4, -0.2) is 18.4 Å². The molecule has 0 N–H and O–H groups in total. The van der Waals surface area contributed by atoms with E-state index in [1.54, 1.807) is 18.2 Å². The molecule has 0 saturated carbocycles. The SMILES string of the molecule is C=CCOC(=O)C(=O)c1cccc(C)c1. The summed E-state index contributed by atoms with van der Waals surface area (Å²) < 4.78 is 4.64. The van der Waals surface area contributed by atoms with Crippen LogP contribution in [0.3, 0.4) is 0 Å². The Balaban J connectivity index is 2.76. The van der Waals surface area contributed by atoms with Crippen LogP contribution in [0.25, 0.3) is 0 Å². The number of hydrogen-bond acceptors (Lipinski definition) is 3. The lowest BCUT2D eigenvalue weighted by molar-refractivity contribution is -0.136. The van der Waals surface area contributed by atoms with Gasteiger partial charge in [-0.05, 0) is 13.0 Å². The number of ether oxygens (including phenoxy) is 1. The van der Waals surface area contributed by atoms with E-state index in [-0.39, 0.29) is 6.61 Å². The third-order valence-electron chi connectivity index (χ3n) is 1.80. The second-order valence-corrected chi connectivity index (χ2v) is 3.09. The molecule has 0 aliphatic rings. The van der Waals surface area contributed by atoms with E-state index in [2.05, 4.69) is 11.3 Å². The summed E-state index contributed by atoms with van der Waals surface area (Å²) in [7, 11) is 0. The maximum Gasteiger partial charge on any atom is 0.379 e. The summed E-state index contributed by atoms with van der Waals surface area (Å²) in [4.78, 5) is 22.7. The molecule has 0 fully saturated rings. The van der Waals surface area contributed by atoms with E-state index in [1.165, 1.54) is 6.08 Å². The van der Waals surface area contributed by atoms with E-state index in [1.807, 2.05) is 13.0 Å². The summed E-state index contributed by atoms with van der Waals surface area (Å²) in [6, 6.07) is 6.82. The van der Waals surface area contributed by atoms with Crippen molar-refractivity contribution in [3.63, 3.8) is 0 Å². The fourth-order valence-electron chi connectivity index (χ4n) is 1.10. The highest BCUT2D eigenvalue weighted by atomic mass is 16.5. The molecule has 1 rings (SSSR count). The standard InChI is InChI=1S/C12H12O3/c1-3-7-15-12(14)11(13)10-6-4-5-9(2)8-10/h3-6,8H,1,7H2,2H3. The third kappa shape index (κ3) is 3.06. The van der Waals surface area contributed by atoms with Crippen LogP contribution in [-0.2, 0) is 9.53 Å². The van der Waals surface area contributed by atoms with Gasteiger partial charge in [-0.25, -0.2) is 4.79 Å². The first-order chi connectivity index (χ1) is 7.15. The Morgan fingerprint density at radius 3 is 2.80 bits per heavy atom. The number of carbonyl (C=O) groups excluding carboxylic acids is 2. The molecule has 0 unspecified atom stereocenters. The Morgan fingerprint density at radius 1 is 1.47 bits per heavy atom. The van der Waals surface area contributed by atoms with Gasteiger partial charge in [-0.15, -0.1) is 0 Å². The van der Waals surface area contributed by atoms with Crippen LogP contribution >= 0.6 is 0 Å². The monoisotopic (exact) mass is 204 g/mol. The molecule has 1 aromatic rings. The first kappa shape index (κ1) is 11.2. The smallest absolute Gasteiger partial charge is 0.379 e. The highest BCUT2D eigenvalue weighted by Gasteiger charge is 2.16. The minimum absolute atomic E-state index is 0.0520. The van der Waals surface area contributed by atoms with Crippen molar-refractivity contribution < 1.29 is 14.3 Å². The van der Waals surface area contributed by atoms with Crippen LogP contribution < -0.4 is 0 Å². The largest absolute Gasteiger partial charge is 0.455 e. The molecule has 0 bridgehead atoms. The van der Waals surface area contributed by atoms with Crippen LogP contribution in [0, 0.1) is 6.92 Å². The number of rotatable bonds is 4. The topological polar surface area (TPSA) is 43.4 Å². The van der Waals surface area contributed by atoms with E-state index in [0.717, 1.165) is 5.56 Å². The van der Waals surface area contributed by atoms with Crippen molar-refractivity contribution in [3.05, 3.63) is 48.0 Å². The van der Waals surface area contributed by atoms with Crippen molar-refractivity contribution >= 4 is 11.8 Å². The number of aryl methyl sites for hydroxylation is 1. The van der Waals surface area contributed by atoms with E-state index in [0.29, 0.717) is 5.56 Å². The molecule has 0 atom stereocenters. The summed E-state index contributed by atoms with van der Waals surface area (Å²) in [5, 5.41) is 0. The van der Waals surface area contributed by atoms with Gasteiger partial charge < -0.3 is 4.74 Å². The van der Waals surface area contributed by atoms with Gasteiger partial charge in [0.05, 0.1) is 0 Å². The number of benzene rings is 1. The molecule has 78 valence electrons. The maximum atomic E-state index is 11.5. The molecule has 0 aliphatic carbocycles. The molecule has 0 radical (unpaired) electrons. The molecular weight excluding hydrogens is 192 g/mol. The van der Waals surface area contributed by atoms with Crippen molar-refractivity contribution in [2.24, 2.45) is 0 Å². The Bertz CT molecular complexity index is 394. The van der Waals surface area contributed by atoms with Gasteiger partial charge in [-0.1, -0.05) is 36.4 Å². The number of hydrogen-bond donors (Lipinski definition) is 0. The normalized spacial score (nSPS) is 9.40. The van der Waals surface area contributed by atoms with Crippen LogP contribution in [0.15, 0.2) is 36.9 Å². The van der Waals surface area contributed by atoms with Crippen molar-refractivity contribution in [1.29, 1.82) is 0 Å². The van der Waals surface area contributed by atoms with Crippen molar-refractivity contribution in [2.75, 3.05) is 6.61 Å². The second kappa shape index (κ2) is 5.10. The lowest BCUT2D eigenvalue weighted by atomic mass is 10.1. The molecule has 0 saturated heterocycles. The van der Waals surface area contributed by atoms with E-state index < -0.39 is 11.8 Å². The zero-order chi connectivity index (χ0) is 11.3. The average Bonchev–Trinajstić information content (AvgIpc) is 2.24. The van der Waals surface area contributed by atoms with Gasteiger partial charge in [-0.2, -0.15) is 0 Å². The highest BCUT2D eigenvalue weighted by molar-refractivity contribution is 6.40. The molecule has 3 heteroatoms. The molecule has 1 aromatic carbocycles. The molecular formula is C12H12O3. The number of ketones is 1. The quantitative estimate of drug-likeness (QED) is 0.325. The predicted octanol–water partition coefficient (Wildman–Crippen LogP) is 1.91. The Hall–Kier alpha value is -1.90. The first-order valence-electron chi connectivity index (χ1n) is 4.54. The summed E-state index contributed by atoms with van der Waals surface area (Å²) in [6.07, 6.45) is 1.42. The number of Topliss-reactive ketones (excluding diaryl/α,β-unsaturated/α-hetero) is 1. The third-order valence-corrected chi connectivity index (χ3v) is 1.80. The molecule has 0 spiro atoms. The van der Waals surface area contributed by atoms with E-state index in [4.69, 9.17) is 0 Å². The highest BCUT2D eigenvalue weighted by Crippen LogP contribution is 2.05. The Morgan fingerprint density at radius 2 is 2.20 bits per heavy atom. The van der Waals surface area contributed by atoms with Crippen LogP contribution in [0.4, 0.5) is 0 Å². The summed E-state index contributed by atoms with van der Waals surface area (Å²) in [5.41, 5.74) is 1.28. The van der Waals surface area contributed by atoms with Gasteiger partial charge in [0.2, 0.25) is 0 Å². The van der Waals surface area contributed by atoms with Crippen LogP contribution in [0.2, 0.25) is 0 Å². The molecule has 0 amide bonds. The second-order valence-electron chi connectivity index (χ2n) is 3.09. The van der Waals surface area contributed by atoms with Crippen molar-refractivity contribution in [3.8, 4) is 0 Å². The average molecular weight is 204 g/mol. The van der Waals surface area contributed by atoms with Gasteiger partial charge in [0.15, 0.2) is 0 Å². The number of esters is 1. The van der Waals surface area contributed by atoms with Gasteiger partial charge >= 0.3 is 5.97 Å². The first-order valence-corrected chi connectivity index (χ1v) is 4.54. The fraction of sp³-hybridized carbons (Fsp3) is 0.167. The summed E-state index contributed by atoms with van der Waals surface area (Å²) >= 11 is 0. The van der Waals surface area contributed by atoms with Crippen LogP contribution in [0.5, 0.6) is 0 Å². The zero-order valence-electron chi connectivity index (χ0n) is 8.53. The maximum absolute atomic E-state index is 11.5. The van der Waals surface area contributed by atoms with Gasteiger partial charge in [0.1, 0.15) is 6.61 Å². The summed E-state index contributed by atoms with van der Waals surface area (Å²) in [5.74, 6) is -1.47. The molecule has 3 nitrogen and oxygen atoms in total. The lowest BCUT2D eigenvalue weighted by Gasteiger charge is -2.01. The number of carbonyl (C=O) groups is 2. The Labute approximate surface area is 88.4 Å². The van der Waals surface area contributed by atoms with E-state index >= 15 is 0 Å².